The molecule has 0 atom stereocenters. The van der Waals surface area contributed by atoms with Gasteiger partial charge in [0.2, 0.25) is 0 Å². The summed E-state index contributed by atoms with van der Waals surface area (Å²) < 4.78 is 0. The fourth-order valence-electron chi connectivity index (χ4n) is 1.32. The van der Waals surface area contributed by atoms with Crippen molar-refractivity contribution < 1.29 is 4.92 Å². The van der Waals surface area contributed by atoms with E-state index < -0.39 is 4.92 Å². The van der Waals surface area contributed by atoms with Crippen LogP contribution in [-0.4, -0.2) is 23.0 Å². The van der Waals surface area contributed by atoms with Gasteiger partial charge in [0, 0.05) is 18.3 Å². The maximum Gasteiger partial charge on any atom is 0.288 e. The Morgan fingerprint density at radius 3 is 2.88 bits per heavy atom. The van der Waals surface area contributed by atoms with Crippen molar-refractivity contribution in [3.63, 3.8) is 0 Å². The van der Waals surface area contributed by atoms with Gasteiger partial charge in [0.1, 0.15) is 5.02 Å². The Bertz CT molecular complexity index is 388. The van der Waals surface area contributed by atoms with Gasteiger partial charge in [0.25, 0.3) is 5.69 Å². The molecule has 0 spiro atoms. The lowest BCUT2D eigenvalue weighted by atomic mass is 10.3. The molecular weight excluding hydrogens is 260 g/mol. The summed E-state index contributed by atoms with van der Waals surface area (Å²) in [6.07, 6.45) is 1.06. The third-order valence-corrected chi connectivity index (χ3v) is 3.43. The quantitative estimate of drug-likeness (QED) is 0.467. The molecule has 0 heterocycles. The minimum Gasteiger partial charge on any atom is -0.385 e. The largest absolute Gasteiger partial charge is 0.385 e. The summed E-state index contributed by atoms with van der Waals surface area (Å²) in [7, 11) is 0. The lowest BCUT2D eigenvalue weighted by Crippen LogP contribution is -2.03. The topological polar surface area (TPSA) is 55.2 Å². The zero-order valence-corrected chi connectivity index (χ0v) is 11.2. The maximum atomic E-state index is 10.6. The lowest BCUT2D eigenvalue weighted by Gasteiger charge is -2.06. The first-order chi connectivity index (χ1) is 8.15. The highest BCUT2D eigenvalue weighted by Crippen LogP contribution is 2.27. The van der Waals surface area contributed by atoms with Crippen LogP contribution in [0.5, 0.6) is 0 Å². The van der Waals surface area contributed by atoms with E-state index in [1.54, 1.807) is 12.1 Å². The van der Waals surface area contributed by atoms with E-state index in [9.17, 15) is 10.1 Å². The molecule has 1 N–H and O–H groups in total. The molecule has 0 radical (unpaired) electrons. The van der Waals surface area contributed by atoms with Gasteiger partial charge >= 0.3 is 0 Å². The molecule has 0 aromatic heterocycles. The van der Waals surface area contributed by atoms with Crippen molar-refractivity contribution in [2.75, 3.05) is 23.4 Å². The number of hydrogen-bond donors (Lipinski definition) is 1. The Hall–Kier alpha value is -0.940. The lowest BCUT2D eigenvalue weighted by molar-refractivity contribution is -0.384. The molecule has 1 aromatic carbocycles. The van der Waals surface area contributed by atoms with Gasteiger partial charge < -0.3 is 5.32 Å². The minimum absolute atomic E-state index is 0.0567. The van der Waals surface area contributed by atoms with Crippen molar-refractivity contribution in [3.05, 3.63) is 33.3 Å². The van der Waals surface area contributed by atoms with Crippen LogP contribution in [0.1, 0.15) is 13.3 Å². The number of hydrogen-bond acceptors (Lipinski definition) is 4. The monoisotopic (exact) mass is 274 g/mol. The summed E-state index contributed by atoms with van der Waals surface area (Å²) in [6, 6.07) is 4.69. The van der Waals surface area contributed by atoms with Crippen LogP contribution in [0.2, 0.25) is 5.02 Å². The Labute approximate surface area is 110 Å². The van der Waals surface area contributed by atoms with E-state index in [1.807, 2.05) is 11.8 Å². The fraction of sp³-hybridized carbons (Fsp3) is 0.455. The molecule has 17 heavy (non-hydrogen) atoms. The van der Waals surface area contributed by atoms with E-state index in [0.29, 0.717) is 0 Å². The summed E-state index contributed by atoms with van der Waals surface area (Å²) in [5.41, 5.74) is 0.765. The molecule has 6 heteroatoms. The number of rotatable bonds is 7. The van der Waals surface area contributed by atoms with Gasteiger partial charge in [-0.05, 0) is 30.1 Å². The number of nitro groups is 1. The third kappa shape index (κ3) is 4.83. The van der Waals surface area contributed by atoms with Crippen LogP contribution in [0.3, 0.4) is 0 Å². The highest BCUT2D eigenvalue weighted by atomic mass is 35.5. The number of nitro benzene ring substituents is 1. The molecule has 0 amide bonds. The Kier molecular flexibility index (Phi) is 6.15. The SMILES string of the molecule is CCSCCCNc1ccc([N+](=O)[O-])c(Cl)c1. The zero-order chi connectivity index (χ0) is 12.7. The number of nitrogens with one attached hydrogen (secondary N) is 1. The smallest absolute Gasteiger partial charge is 0.288 e. The van der Waals surface area contributed by atoms with Crippen LogP contribution in [-0.2, 0) is 0 Å². The van der Waals surface area contributed by atoms with E-state index in [0.717, 1.165) is 30.2 Å². The normalized spacial score (nSPS) is 10.2. The van der Waals surface area contributed by atoms with E-state index in [4.69, 9.17) is 11.6 Å². The summed E-state index contributed by atoms with van der Waals surface area (Å²) >= 11 is 7.70. The summed E-state index contributed by atoms with van der Waals surface area (Å²) in [4.78, 5) is 10.1. The van der Waals surface area contributed by atoms with Crippen molar-refractivity contribution in [2.24, 2.45) is 0 Å². The second-order valence-electron chi connectivity index (χ2n) is 3.40. The third-order valence-electron chi connectivity index (χ3n) is 2.14. The van der Waals surface area contributed by atoms with Crippen molar-refractivity contribution in [1.82, 2.24) is 0 Å². The van der Waals surface area contributed by atoms with E-state index in [-0.39, 0.29) is 10.7 Å². The highest BCUT2D eigenvalue weighted by Gasteiger charge is 2.11. The van der Waals surface area contributed by atoms with Crippen molar-refractivity contribution in [1.29, 1.82) is 0 Å². The Balaban J connectivity index is 2.45. The number of halogens is 1. The second kappa shape index (κ2) is 7.40. The van der Waals surface area contributed by atoms with Crippen LogP contribution in [0.25, 0.3) is 0 Å². The Morgan fingerprint density at radius 1 is 1.53 bits per heavy atom. The molecule has 0 unspecified atom stereocenters. The standard InChI is InChI=1S/C11H15ClN2O2S/c1-2-17-7-3-6-13-9-4-5-11(14(15)16)10(12)8-9/h4-5,8,13H,2-3,6-7H2,1H3. The summed E-state index contributed by atoms with van der Waals surface area (Å²) in [5.74, 6) is 2.24. The molecule has 0 aliphatic heterocycles. The van der Waals surface area contributed by atoms with Crippen LogP contribution < -0.4 is 5.32 Å². The molecule has 0 fully saturated rings. The van der Waals surface area contributed by atoms with Crippen molar-refractivity contribution in [2.45, 2.75) is 13.3 Å². The molecule has 0 aliphatic carbocycles. The van der Waals surface area contributed by atoms with Gasteiger partial charge in [0.05, 0.1) is 4.92 Å². The molecule has 0 aliphatic rings. The second-order valence-corrected chi connectivity index (χ2v) is 5.20. The molecule has 94 valence electrons. The molecule has 1 aromatic rings. The van der Waals surface area contributed by atoms with Crippen molar-refractivity contribution >= 4 is 34.7 Å². The van der Waals surface area contributed by atoms with Gasteiger partial charge in [-0.2, -0.15) is 11.8 Å². The van der Waals surface area contributed by atoms with Gasteiger partial charge in [-0.15, -0.1) is 0 Å². The highest BCUT2D eigenvalue weighted by molar-refractivity contribution is 7.99. The number of benzene rings is 1. The summed E-state index contributed by atoms with van der Waals surface area (Å²) in [5, 5.41) is 13.9. The molecule has 4 nitrogen and oxygen atoms in total. The molecular formula is C11H15ClN2O2S. The predicted molar refractivity (Wildman–Crippen MR) is 74.2 cm³/mol. The molecule has 0 saturated carbocycles. The fourth-order valence-corrected chi connectivity index (χ4v) is 2.20. The zero-order valence-electron chi connectivity index (χ0n) is 9.61. The summed E-state index contributed by atoms with van der Waals surface area (Å²) in [6.45, 7) is 2.98. The van der Waals surface area contributed by atoms with Crippen LogP contribution in [0.4, 0.5) is 11.4 Å². The van der Waals surface area contributed by atoms with E-state index >= 15 is 0 Å². The minimum atomic E-state index is -0.482. The number of thioether (sulfide) groups is 1. The van der Waals surface area contributed by atoms with Crippen molar-refractivity contribution in [3.8, 4) is 0 Å². The van der Waals surface area contributed by atoms with Gasteiger partial charge in [-0.1, -0.05) is 18.5 Å². The van der Waals surface area contributed by atoms with E-state index in [1.165, 1.54) is 6.07 Å². The first-order valence-corrected chi connectivity index (χ1v) is 6.94. The average molecular weight is 275 g/mol. The van der Waals surface area contributed by atoms with Gasteiger partial charge in [-0.3, -0.25) is 10.1 Å². The maximum absolute atomic E-state index is 10.6. The number of nitrogens with zero attached hydrogens (tertiary/aromatic N) is 1. The Morgan fingerprint density at radius 2 is 2.29 bits per heavy atom. The predicted octanol–water partition coefficient (Wildman–Crippen LogP) is 3.80. The number of anilines is 1. The van der Waals surface area contributed by atoms with Gasteiger partial charge in [0.15, 0.2) is 0 Å². The molecule has 1 rings (SSSR count). The first kappa shape index (κ1) is 14.1. The van der Waals surface area contributed by atoms with Crippen LogP contribution in [0, 0.1) is 10.1 Å². The van der Waals surface area contributed by atoms with Gasteiger partial charge in [-0.25, -0.2) is 0 Å². The first-order valence-electron chi connectivity index (χ1n) is 5.40. The average Bonchev–Trinajstić information content (AvgIpc) is 2.28. The van der Waals surface area contributed by atoms with Crippen LogP contribution >= 0.6 is 23.4 Å². The van der Waals surface area contributed by atoms with E-state index in [2.05, 4.69) is 12.2 Å². The molecule has 0 saturated heterocycles. The van der Waals surface area contributed by atoms with Crippen LogP contribution in [0.15, 0.2) is 18.2 Å². The molecule has 0 bridgehead atoms.